The van der Waals surface area contributed by atoms with E-state index in [9.17, 15) is 4.79 Å². The number of benzene rings is 1. The van der Waals surface area contributed by atoms with Crippen molar-refractivity contribution in [3.05, 3.63) is 22.7 Å². The van der Waals surface area contributed by atoms with Crippen molar-refractivity contribution in [1.29, 1.82) is 0 Å². The predicted octanol–water partition coefficient (Wildman–Crippen LogP) is 3.96. The number of carbonyl (C=O) groups is 1. The van der Waals surface area contributed by atoms with Gasteiger partial charge in [0.15, 0.2) is 11.4 Å². The first-order chi connectivity index (χ1) is 8.78. The number of aromatic nitrogens is 1. The van der Waals surface area contributed by atoms with Gasteiger partial charge in [-0.3, -0.25) is 4.90 Å². The third-order valence-electron chi connectivity index (χ3n) is 2.40. The Labute approximate surface area is 119 Å². The average molecular weight is 327 g/mol. The van der Waals surface area contributed by atoms with Crippen LogP contribution in [0.4, 0.5) is 10.6 Å². The summed E-state index contributed by atoms with van der Waals surface area (Å²) >= 11 is 3.35. The fraction of sp³-hybridized carbons (Fsp3) is 0.385. The summed E-state index contributed by atoms with van der Waals surface area (Å²) in [6.45, 7) is 5.45. The van der Waals surface area contributed by atoms with Crippen molar-refractivity contribution in [1.82, 2.24) is 5.16 Å². The molecule has 1 aromatic carbocycles. The van der Waals surface area contributed by atoms with Crippen molar-refractivity contribution in [2.45, 2.75) is 26.4 Å². The lowest BCUT2D eigenvalue weighted by Gasteiger charge is -2.23. The highest BCUT2D eigenvalue weighted by Crippen LogP contribution is 2.28. The third kappa shape index (κ3) is 3.07. The van der Waals surface area contributed by atoms with E-state index >= 15 is 0 Å². The minimum atomic E-state index is -0.548. The lowest BCUT2D eigenvalue weighted by Crippen LogP contribution is -2.34. The molecule has 0 N–H and O–H groups in total. The van der Waals surface area contributed by atoms with E-state index in [0.29, 0.717) is 11.4 Å². The van der Waals surface area contributed by atoms with Crippen LogP contribution in [0.5, 0.6) is 0 Å². The number of rotatable bonds is 1. The highest BCUT2D eigenvalue weighted by molar-refractivity contribution is 9.10. The van der Waals surface area contributed by atoms with Crippen molar-refractivity contribution in [3.8, 4) is 0 Å². The van der Waals surface area contributed by atoms with E-state index in [2.05, 4.69) is 21.1 Å². The molecule has 19 heavy (non-hydrogen) atoms. The molecule has 0 unspecified atom stereocenters. The van der Waals surface area contributed by atoms with Crippen LogP contribution in [0.25, 0.3) is 11.0 Å². The van der Waals surface area contributed by atoms with Crippen LogP contribution in [0, 0.1) is 0 Å². The van der Waals surface area contributed by atoms with Crippen LogP contribution in [0.1, 0.15) is 20.8 Å². The quantitative estimate of drug-likeness (QED) is 0.795. The van der Waals surface area contributed by atoms with Crippen LogP contribution in [-0.2, 0) is 4.74 Å². The van der Waals surface area contributed by atoms with E-state index in [4.69, 9.17) is 9.26 Å². The van der Waals surface area contributed by atoms with Gasteiger partial charge in [0, 0.05) is 11.5 Å². The van der Waals surface area contributed by atoms with Gasteiger partial charge in [0.1, 0.15) is 5.60 Å². The summed E-state index contributed by atoms with van der Waals surface area (Å²) in [5.41, 5.74) is 0.0632. The zero-order chi connectivity index (χ0) is 14.2. The minimum Gasteiger partial charge on any atom is -0.443 e. The Kier molecular flexibility index (Phi) is 3.54. The summed E-state index contributed by atoms with van der Waals surface area (Å²) in [5.74, 6) is 0.441. The molecule has 0 radical (unpaired) electrons. The molecule has 0 fully saturated rings. The van der Waals surface area contributed by atoms with Gasteiger partial charge in [-0.05, 0) is 39.0 Å². The van der Waals surface area contributed by atoms with Crippen LogP contribution in [0.3, 0.4) is 0 Å². The monoisotopic (exact) mass is 326 g/mol. The average Bonchev–Trinajstić information content (AvgIpc) is 2.68. The summed E-state index contributed by atoms with van der Waals surface area (Å²) in [5, 5.41) is 4.68. The number of fused-ring (bicyclic) bond motifs is 1. The van der Waals surface area contributed by atoms with E-state index in [-0.39, 0.29) is 0 Å². The smallest absolute Gasteiger partial charge is 0.415 e. The molecule has 2 aromatic rings. The molecule has 2 rings (SSSR count). The lowest BCUT2D eigenvalue weighted by atomic mass is 10.2. The summed E-state index contributed by atoms with van der Waals surface area (Å²) in [6, 6.07) is 5.51. The Morgan fingerprint density at radius 1 is 1.42 bits per heavy atom. The second kappa shape index (κ2) is 4.85. The Hall–Kier alpha value is -1.56. The molecule has 0 aliphatic rings. The van der Waals surface area contributed by atoms with Gasteiger partial charge < -0.3 is 9.26 Å². The maximum atomic E-state index is 12.0. The maximum absolute atomic E-state index is 12.0. The second-order valence-electron chi connectivity index (χ2n) is 5.19. The summed E-state index contributed by atoms with van der Waals surface area (Å²) in [7, 11) is 1.60. The highest BCUT2D eigenvalue weighted by atomic mass is 79.9. The molecule has 1 aromatic heterocycles. The normalized spacial score (nSPS) is 11.6. The molecule has 0 spiro atoms. The maximum Gasteiger partial charge on any atom is 0.415 e. The van der Waals surface area contributed by atoms with Gasteiger partial charge in [0.2, 0.25) is 0 Å². The van der Waals surface area contributed by atoms with Crippen molar-refractivity contribution in [2.75, 3.05) is 11.9 Å². The Morgan fingerprint density at radius 2 is 2.11 bits per heavy atom. The van der Waals surface area contributed by atoms with Crippen LogP contribution in [0.15, 0.2) is 27.2 Å². The first-order valence-electron chi connectivity index (χ1n) is 5.79. The largest absolute Gasteiger partial charge is 0.443 e. The zero-order valence-corrected chi connectivity index (χ0v) is 12.8. The molecular formula is C13H15BrN2O3. The van der Waals surface area contributed by atoms with Crippen LogP contribution in [-0.4, -0.2) is 23.9 Å². The summed E-state index contributed by atoms with van der Waals surface area (Å²) < 4.78 is 11.4. The number of ether oxygens (including phenoxy) is 1. The number of nitrogens with zero attached hydrogens (tertiary/aromatic N) is 2. The SMILES string of the molecule is CN(C(=O)OC(C)(C)C)c1noc2cc(Br)ccc12. The van der Waals surface area contributed by atoms with E-state index in [1.54, 1.807) is 13.1 Å². The van der Waals surface area contributed by atoms with E-state index in [1.807, 2.05) is 32.9 Å². The Bertz CT molecular complexity index is 616. The van der Waals surface area contributed by atoms with Gasteiger partial charge in [-0.1, -0.05) is 21.1 Å². The Balaban J connectivity index is 2.31. The second-order valence-corrected chi connectivity index (χ2v) is 6.10. The predicted molar refractivity (Wildman–Crippen MR) is 76.3 cm³/mol. The van der Waals surface area contributed by atoms with Crippen molar-refractivity contribution in [3.63, 3.8) is 0 Å². The number of halogens is 1. The fourth-order valence-electron chi connectivity index (χ4n) is 1.56. The van der Waals surface area contributed by atoms with Gasteiger partial charge in [-0.25, -0.2) is 4.79 Å². The molecular weight excluding hydrogens is 312 g/mol. The molecule has 0 saturated carbocycles. The summed E-state index contributed by atoms with van der Waals surface area (Å²) in [4.78, 5) is 13.3. The van der Waals surface area contributed by atoms with Crippen LogP contribution in [0.2, 0.25) is 0 Å². The molecule has 1 heterocycles. The number of amides is 1. The van der Waals surface area contributed by atoms with Gasteiger partial charge in [-0.2, -0.15) is 0 Å². The zero-order valence-electron chi connectivity index (χ0n) is 11.2. The fourth-order valence-corrected chi connectivity index (χ4v) is 1.90. The van der Waals surface area contributed by atoms with Gasteiger partial charge >= 0.3 is 6.09 Å². The Morgan fingerprint density at radius 3 is 2.74 bits per heavy atom. The molecule has 5 nitrogen and oxygen atoms in total. The molecule has 102 valence electrons. The number of anilines is 1. The highest BCUT2D eigenvalue weighted by Gasteiger charge is 2.24. The number of hydrogen-bond acceptors (Lipinski definition) is 4. The van der Waals surface area contributed by atoms with Crippen molar-refractivity contribution in [2.24, 2.45) is 0 Å². The first-order valence-corrected chi connectivity index (χ1v) is 6.59. The molecule has 1 amide bonds. The van der Waals surface area contributed by atoms with E-state index in [0.717, 1.165) is 9.86 Å². The van der Waals surface area contributed by atoms with Gasteiger partial charge in [-0.15, -0.1) is 0 Å². The number of carbonyl (C=O) groups excluding carboxylic acids is 1. The molecule has 0 atom stereocenters. The molecule has 0 aliphatic heterocycles. The molecule has 0 bridgehead atoms. The minimum absolute atomic E-state index is 0.441. The topological polar surface area (TPSA) is 55.6 Å². The lowest BCUT2D eigenvalue weighted by molar-refractivity contribution is 0.0587. The standard InChI is InChI=1S/C13H15BrN2O3/c1-13(2,3)18-12(17)16(4)11-9-6-5-8(14)7-10(9)19-15-11/h5-7H,1-4H3. The molecule has 0 aliphatic carbocycles. The third-order valence-corrected chi connectivity index (χ3v) is 2.89. The first kappa shape index (κ1) is 13.9. The molecule has 6 heteroatoms. The summed E-state index contributed by atoms with van der Waals surface area (Å²) in [6.07, 6.45) is -0.467. The number of hydrogen-bond donors (Lipinski definition) is 0. The van der Waals surface area contributed by atoms with E-state index < -0.39 is 11.7 Å². The van der Waals surface area contributed by atoms with Gasteiger partial charge in [0.25, 0.3) is 0 Å². The van der Waals surface area contributed by atoms with Gasteiger partial charge in [0.05, 0.1) is 5.39 Å². The van der Waals surface area contributed by atoms with Crippen LogP contribution < -0.4 is 4.90 Å². The van der Waals surface area contributed by atoms with Crippen molar-refractivity contribution >= 4 is 38.8 Å². The van der Waals surface area contributed by atoms with E-state index in [1.165, 1.54) is 4.90 Å². The molecule has 0 saturated heterocycles. The van der Waals surface area contributed by atoms with Crippen LogP contribution >= 0.6 is 15.9 Å². The van der Waals surface area contributed by atoms with Crippen molar-refractivity contribution < 1.29 is 14.1 Å².